The molecule has 1 aliphatic carbocycles. The monoisotopic (exact) mass is 481 g/mol. The Morgan fingerprint density at radius 1 is 1.14 bits per heavy atom. The molecule has 1 heterocycles. The van der Waals surface area contributed by atoms with E-state index in [9.17, 15) is 9.50 Å². The van der Waals surface area contributed by atoms with Crippen molar-refractivity contribution in [2.45, 2.75) is 71.2 Å². The molecule has 1 fully saturated rings. The maximum Gasteiger partial charge on any atom is 0.227 e. The van der Waals surface area contributed by atoms with Gasteiger partial charge in [0.2, 0.25) is 5.88 Å². The van der Waals surface area contributed by atoms with Crippen LogP contribution in [0.15, 0.2) is 54.6 Å². The Kier molecular flexibility index (Phi) is 7.89. The average Bonchev–Trinajstić information content (AvgIpc) is 3.61. The molecule has 0 amide bonds. The van der Waals surface area contributed by atoms with Crippen LogP contribution in [0.1, 0.15) is 51.8 Å². The Morgan fingerprint density at radius 2 is 1.89 bits per heavy atom. The van der Waals surface area contributed by atoms with E-state index in [0.29, 0.717) is 30.8 Å². The summed E-state index contributed by atoms with van der Waals surface area (Å²) in [6.45, 7) is 9.39. The van der Waals surface area contributed by atoms with Crippen molar-refractivity contribution < 1.29 is 19.0 Å². The largest absolute Gasteiger partial charge is 0.438 e. The molecule has 0 aliphatic heterocycles. The molecular formula is C28H36FN3O3. The van der Waals surface area contributed by atoms with E-state index >= 15 is 0 Å². The third kappa shape index (κ3) is 6.90. The smallest absolute Gasteiger partial charge is 0.227 e. The first-order valence-electron chi connectivity index (χ1n) is 12.4. The summed E-state index contributed by atoms with van der Waals surface area (Å²) in [5.74, 6) is 0.638. The molecule has 4 rings (SSSR count). The van der Waals surface area contributed by atoms with Gasteiger partial charge in [-0.2, -0.15) is 5.10 Å². The number of halogens is 1. The molecular weight excluding hydrogens is 445 g/mol. The van der Waals surface area contributed by atoms with Gasteiger partial charge < -0.3 is 14.6 Å². The minimum Gasteiger partial charge on any atom is -0.438 e. The van der Waals surface area contributed by atoms with Crippen LogP contribution in [0.3, 0.4) is 0 Å². The van der Waals surface area contributed by atoms with Gasteiger partial charge in [-0.05, 0) is 64.3 Å². The van der Waals surface area contributed by atoms with Crippen LogP contribution >= 0.6 is 0 Å². The number of hydrogen-bond donors (Lipinski definition) is 1. The molecule has 188 valence electrons. The molecule has 1 aliphatic rings. The van der Waals surface area contributed by atoms with Gasteiger partial charge in [-0.15, -0.1) is 0 Å². The fraction of sp³-hybridized carbons (Fsp3) is 0.464. The Morgan fingerprint density at radius 3 is 2.51 bits per heavy atom. The first-order chi connectivity index (χ1) is 16.7. The van der Waals surface area contributed by atoms with E-state index in [4.69, 9.17) is 14.6 Å². The molecule has 0 radical (unpaired) electrons. The van der Waals surface area contributed by atoms with E-state index in [1.165, 1.54) is 12.1 Å². The first-order valence-corrected chi connectivity index (χ1v) is 12.4. The van der Waals surface area contributed by atoms with E-state index in [2.05, 4.69) is 11.8 Å². The highest BCUT2D eigenvalue weighted by Gasteiger charge is 2.33. The minimum absolute atomic E-state index is 0.281. The lowest BCUT2D eigenvalue weighted by Crippen LogP contribution is -2.38. The van der Waals surface area contributed by atoms with Crippen molar-refractivity contribution in [3.63, 3.8) is 0 Å². The van der Waals surface area contributed by atoms with E-state index in [-0.39, 0.29) is 18.0 Å². The lowest BCUT2D eigenvalue weighted by atomic mass is 10.1. The van der Waals surface area contributed by atoms with Crippen molar-refractivity contribution in [1.82, 2.24) is 14.7 Å². The van der Waals surface area contributed by atoms with Gasteiger partial charge in [0.05, 0.1) is 35.3 Å². The highest BCUT2D eigenvalue weighted by atomic mass is 19.1. The van der Waals surface area contributed by atoms with E-state index in [1.807, 2.05) is 51.1 Å². The molecule has 2 aromatic carbocycles. The highest BCUT2D eigenvalue weighted by molar-refractivity contribution is 5.44. The number of rotatable bonds is 11. The topological polar surface area (TPSA) is 59.8 Å². The molecule has 0 saturated heterocycles. The summed E-state index contributed by atoms with van der Waals surface area (Å²) in [5.41, 5.74) is 2.45. The Balaban J connectivity index is 1.66. The second kappa shape index (κ2) is 10.9. The number of benzene rings is 2. The van der Waals surface area contributed by atoms with Gasteiger partial charge in [-0.3, -0.25) is 4.90 Å². The van der Waals surface area contributed by atoms with Crippen molar-refractivity contribution in [3.05, 3.63) is 71.7 Å². The fourth-order valence-corrected chi connectivity index (χ4v) is 4.07. The third-order valence-corrected chi connectivity index (χ3v) is 5.94. The molecule has 7 heteroatoms. The molecule has 0 spiro atoms. The van der Waals surface area contributed by atoms with Crippen LogP contribution in [0.2, 0.25) is 0 Å². The van der Waals surface area contributed by atoms with Crippen molar-refractivity contribution in [2.75, 3.05) is 13.2 Å². The zero-order valence-corrected chi connectivity index (χ0v) is 21.1. The van der Waals surface area contributed by atoms with Crippen LogP contribution < -0.4 is 4.74 Å². The molecule has 35 heavy (non-hydrogen) atoms. The molecule has 6 nitrogen and oxygen atoms in total. The van der Waals surface area contributed by atoms with Gasteiger partial charge in [0.1, 0.15) is 11.6 Å². The van der Waals surface area contributed by atoms with Crippen LogP contribution in [0.5, 0.6) is 11.6 Å². The number of para-hydroxylation sites is 1. The van der Waals surface area contributed by atoms with Gasteiger partial charge in [0.25, 0.3) is 0 Å². The number of hydrogen-bond acceptors (Lipinski definition) is 5. The standard InChI is InChI=1S/C28H36FN3O3/c1-5-26-25(18-31(21-14-15-21)17-23(33)19-34-28(2,3)4)27(35-24-13-9-10-20(29)16-24)32(30-26)22-11-7-6-8-12-22/h6-13,16,21,23,33H,5,14-15,17-19H2,1-4H3/t23-/m0/s1. The van der Waals surface area contributed by atoms with Gasteiger partial charge in [0, 0.05) is 25.2 Å². The zero-order valence-electron chi connectivity index (χ0n) is 21.1. The molecule has 3 aromatic rings. The van der Waals surface area contributed by atoms with Crippen LogP contribution in [0, 0.1) is 5.82 Å². The van der Waals surface area contributed by atoms with Crippen LogP contribution in [-0.4, -0.2) is 50.7 Å². The van der Waals surface area contributed by atoms with E-state index in [1.54, 1.807) is 16.8 Å². The summed E-state index contributed by atoms with van der Waals surface area (Å²) in [4.78, 5) is 2.29. The quantitative estimate of drug-likeness (QED) is 0.392. The molecule has 0 bridgehead atoms. The summed E-state index contributed by atoms with van der Waals surface area (Å²) in [7, 11) is 0. The van der Waals surface area contributed by atoms with Crippen LogP contribution in [0.4, 0.5) is 4.39 Å². The maximum absolute atomic E-state index is 13.9. The molecule has 0 unspecified atom stereocenters. The average molecular weight is 482 g/mol. The van der Waals surface area contributed by atoms with Crippen molar-refractivity contribution >= 4 is 0 Å². The summed E-state index contributed by atoms with van der Waals surface area (Å²) >= 11 is 0. The second-order valence-corrected chi connectivity index (χ2v) is 10.1. The van der Waals surface area contributed by atoms with Gasteiger partial charge in [-0.25, -0.2) is 9.07 Å². The SMILES string of the molecule is CCc1nn(-c2ccccc2)c(Oc2cccc(F)c2)c1CN(C[C@H](O)COC(C)(C)C)C1CC1. The summed E-state index contributed by atoms with van der Waals surface area (Å²) in [5, 5.41) is 15.6. The molecule has 1 aromatic heterocycles. The van der Waals surface area contributed by atoms with E-state index < -0.39 is 6.10 Å². The summed E-state index contributed by atoms with van der Waals surface area (Å²) < 4.78 is 27.8. The predicted octanol–water partition coefficient (Wildman–Crippen LogP) is 5.51. The number of aliphatic hydroxyl groups is 1. The Labute approximate surface area is 207 Å². The summed E-state index contributed by atoms with van der Waals surface area (Å²) in [6.07, 6.45) is 2.32. The van der Waals surface area contributed by atoms with Gasteiger partial charge in [-0.1, -0.05) is 31.2 Å². The normalized spacial score (nSPS) is 14.9. The number of aryl methyl sites for hydroxylation is 1. The number of ether oxygens (including phenoxy) is 2. The fourth-order valence-electron chi connectivity index (χ4n) is 4.07. The van der Waals surface area contributed by atoms with Crippen molar-refractivity contribution in [1.29, 1.82) is 0 Å². The van der Waals surface area contributed by atoms with Crippen LogP contribution in [-0.2, 0) is 17.7 Å². The lowest BCUT2D eigenvalue weighted by Gasteiger charge is -2.27. The van der Waals surface area contributed by atoms with Gasteiger partial charge >= 0.3 is 0 Å². The van der Waals surface area contributed by atoms with E-state index in [0.717, 1.165) is 36.2 Å². The predicted molar refractivity (Wildman–Crippen MR) is 135 cm³/mol. The third-order valence-electron chi connectivity index (χ3n) is 5.94. The number of aliphatic hydroxyl groups excluding tert-OH is 1. The molecule has 1 N–H and O–H groups in total. The van der Waals surface area contributed by atoms with Crippen molar-refractivity contribution in [2.24, 2.45) is 0 Å². The van der Waals surface area contributed by atoms with Crippen LogP contribution in [0.25, 0.3) is 5.69 Å². The highest BCUT2D eigenvalue weighted by Crippen LogP contribution is 2.35. The van der Waals surface area contributed by atoms with Gasteiger partial charge in [0.15, 0.2) is 0 Å². The maximum atomic E-state index is 13.9. The van der Waals surface area contributed by atoms with Crippen molar-refractivity contribution in [3.8, 4) is 17.3 Å². The number of aromatic nitrogens is 2. The second-order valence-electron chi connectivity index (χ2n) is 10.1. The summed E-state index contributed by atoms with van der Waals surface area (Å²) in [6, 6.07) is 16.4. The molecule has 1 atom stereocenters. The lowest BCUT2D eigenvalue weighted by molar-refractivity contribution is -0.0573. The molecule has 1 saturated carbocycles. The Hall–Kier alpha value is -2.74. The zero-order chi connectivity index (χ0) is 25.0. The Bertz CT molecular complexity index is 1110. The minimum atomic E-state index is -0.600. The number of nitrogens with zero attached hydrogens (tertiary/aromatic N) is 3. The first kappa shape index (κ1) is 25.4.